The van der Waals surface area contributed by atoms with Crippen LogP contribution in [0.2, 0.25) is 0 Å². The number of piperazine rings is 1. The number of hydrogen-bond donors (Lipinski definition) is 2. The van der Waals surface area contributed by atoms with Crippen LogP contribution in [-0.2, 0) is 4.79 Å². The summed E-state index contributed by atoms with van der Waals surface area (Å²) in [6.45, 7) is 6.47. The van der Waals surface area contributed by atoms with Crippen LogP contribution in [-0.4, -0.2) is 67.0 Å². The summed E-state index contributed by atoms with van der Waals surface area (Å²) in [4.78, 5) is 28.8. The van der Waals surface area contributed by atoms with Gasteiger partial charge in [-0.05, 0) is 43.3 Å². The van der Waals surface area contributed by atoms with Crippen LogP contribution in [0, 0.1) is 5.82 Å². The minimum absolute atomic E-state index is 0.274. The van der Waals surface area contributed by atoms with E-state index >= 15 is 0 Å². The summed E-state index contributed by atoms with van der Waals surface area (Å²) in [5.41, 5.74) is 5.10. The molecule has 0 aromatic heterocycles. The Labute approximate surface area is 175 Å². The van der Waals surface area contributed by atoms with Crippen molar-refractivity contribution >= 4 is 11.8 Å². The molecule has 7 nitrogen and oxygen atoms in total. The van der Waals surface area contributed by atoms with E-state index in [9.17, 15) is 14.0 Å². The number of para-hydroxylation sites is 1. The summed E-state index contributed by atoms with van der Waals surface area (Å²) in [6, 6.07) is 14.5. The fraction of sp³-hybridized carbons (Fsp3) is 0.364. The van der Waals surface area contributed by atoms with Gasteiger partial charge in [0.05, 0.1) is 6.04 Å². The molecule has 0 saturated carbocycles. The van der Waals surface area contributed by atoms with Gasteiger partial charge in [0.2, 0.25) is 0 Å². The smallest absolute Gasteiger partial charge is 0.269 e. The second-order valence-electron chi connectivity index (χ2n) is 7.17. The van der Waals surface area contributed by atoms with E-state index in [-0.39, 0.29) is 17.5 Å². The molecule has 0 unspecified atom stereocenters. The van der Waals surface area contributed by atoms with Crippen molar-refractivity contribution in [1.82, 2.24) is 20.7 Å². The van der Waals surface area contributed by atoms with E-state index in [0.717, 1.165) is 38.5 Å². The van der Waals surface area contributed by atoms with Gasteiger partial charge in [0.1, 0.15) is 18.2 Å². The average molecular weight is 414 g/mol. The molecule has 0 radical (unpaired) electrons. The molecule has 30 heavy (non-hydrogen) atoms. The number of amides is 2. The molecule has 3 rings (SSSR count). The van der Waals surface area contributed by atoms with Gasteiger partial charge >= 0.3 is 0 Å². The topological polar surface area (TPSA) is 73.9 Å². The van der Waals surface area contributed by atoms with Gasteiger partial charge in [-0.25, -0.2) is 4.39 Å². The van der Waals surface area contributed by atoms with Crippen LogP contribution in [0.4, 0.5) is 4.39 Å². The van der Waals surface area contributed by atoms with Crippen LogP contribution in [0.3, 0.4) is 0 Å². The first-order valence-electron chi connectivity index (χ1n) is 10.0. The Kier molecular flexibility index (Phi) is 7.75. The van der Waals surface area contributed by atoms with E-state index in [1.807, 2.05) is 37.3 Å². The van der Waals surface area contributed by atoms with Crippen molar-refractivity contribution in [3.8, 4) is 5.75 Å². The highest BCUT2D eigenvalue weighted by atomic mass is 19.1. The van der Waals surface area contributed by atoms with Crippen LogP contribution in [0.5, 0.6) is 5.75 Å². The van der Waals surface area contributed by atoms with Crippen molar-refractivity contribution in [3.63, 3.8) is 0 Å². The number of carbonyl (C=O) groups is 2. The maximum atomic E-state index is 12.9. The molecule has 2 N–H and O–H groups in total. The lowest BCUT2D eigenvalue weighted by molar-refractivity contribution is -0.127. The highest BCUT2D eigenvalue weighted by molar-refractivity contribution is 5.95. The lowest BCUT2D eigenvalue weighted by Gasteiger charge is -2.37. The van der Waals surface area contributed by atoms with Gasteiger partial charge in [-0.15, -0.1) is 0 Å². The largest absolute Gasteiger partial charge is 0.492 e. The molecular formula is C22H27FN4O3. The van der Waals surface area contributed by atoms with Crippen molar-refractivity contribution < 1.29 is 18.7 Å². The molecule has 160 valence electrons. The summed E-state index contributed by atoms with van der Waals surface area (Å²) in [5.74, 6) is -0.329. The Morgan fingerprint density at radius 1 is 1.00 bits per heavy atom. The van der Waals surface area contributed by atoms with Crippen LogP contribution >= 0.6 is 0 Å². The van der Waals surface area contributed by atoms with Gasteiger partial charge in [0, 0.05) is 38.3 Å². The molecule has 2 amide bonds. The molecule has 1 aliphatic rings. The molecule has 1 heterocycles. The standard InChI is InChI=1S/C22H27FN4O3/c1-17(21(28)24-25-22(29)18-7-9-19(23)10-8-18)27-13-11-26(12-14-27)15-16-30-20-5-3-2-4-6-20/h2-10,17H,11-16H2,1H3,(H,24,28)(H,25,29)/t17-/m0/s1. The molecule has 1 aliphatic heterocycles. The highest BCUT2D eigenvalue weighted by Gasteiger charge is 2.25. The first-order valence-corrected chi connectivity index (χ1v) is 10.0. The molecule has 8 heteroatoms. The number of hydrogen-bond acceptors (Lipinski definition) is 5. The van der Waals surface area contributed by atoms with Crippen molar-refractivity contribution in [2.45, 2.75) is 13.0 Å². The number of nitrogens with zero attached hydrogens (tertiary/aromatic N) is 2. The van der Waals surface area contributed by atoms with E-state index in [1.54, 1.807) is 0 Å². The third-order valence-corrected chi connectivity index (χ3v) is 5.16. The van der Waals surface area contributed by atoms with Gasteiger partial charge in [-0.2, -0.15) is 0 Å². The highest BCUT2D eigenvalue weighted by Crippen LogP contribution is 2.10. The predicted molar refractivity (Wildman–Crippen MR) is 111 cm³/mol. The van der Waals surface area contributed by atoms with Gasteiger partial charge in [-0.3, -0.25) is 30.2 Å². The maximum Gasteiger partial charge on any atom is 0.269 e. The quantitative estimate of drug-likeness (QED) is 0.675. The Balaban J connectivity index is 1.35. The second kappa shape index (κ2) is 10.7. The average Bonchev–Trinajstić information content (AvgIpc) is 2.78. The second-order valence-corrected chi connectivity index (χ2v) is 7.17. The van der Waals surface area contributed by atoms with E-state index in [1.165, 1.54) is 24.3 Å². The van der Waals surface area contributed by atoms with E-state index in [4.69, 9.17) is 4.74 Å². The number of nitrogens with one attached hydrogen (secondary N) is 2. The third kappa shape index (κ3) is 6.27. The lowest BCUT2D eigenvalue weighted by atomic mass is 10.2. The van der Waals surface area contributed by atoms with Crippen LogP contribution in [0.25, 0.3) is 0 Å². The number of carbonyl (C=O) groups excluding carboxylic acids is 2. The fourth-order valence-corrected chi connectivity index (χ4v) is 3.25. The van der Waals surface area contributed by atoms with Crippen LogP contribution in [0.1, 0.15) is 17.3 Å². The molecule has 1 atom stereocenters. The van der Waals surface area contributed by atoms with E-state index in [2.05, 4.69) is 20.7 Å². The SMILES string of the molecule is C[C@@H](C(=O)NNC(=O)c1ccc(F)cc1)N1CCN(CCOc2ccccc2)CC1. The summed E-state index contributed by atoms with van der Waals surface area (Å²) in [6.07, 6.45) is 0. The normalized spacial score (nSPS) is 15.9. The summed E-state index contributed by atoms with van der Waals surface area (Å²) in [7, 11) is 0. The summed E-state index contributed by atoms with van der Waals surface area (Å²) in [5, 5.41) is 0. The third-order valence-electron chi connectivity index (χ3n) is 5.16. The minimum atomic E-state index is -0.487. The van der Waals surface area contributed by atoms with Crippen molar-refractivity contribution in [1.29, 1.82) is 0 Å². The molecule has 2 aromatic rings. The summed E-state index contributed by atoms with van der Waals surface area (Å²) >= 11 is 0. The zero-order chi connectivity index (χ0) is 21.3. The number of benzene rings is 2. The van der Waals surface area contributed by atoms with E-state index in [0.29, 0.717) is 6.61 Å². The Hall–Kier alpha value is -2.97. The van der Waals surface area contributed by atoms with Gasteiger partial charge < -0.3 is 4.74 Å². The first kappa shape index (κ1) is 21.7. The van der Waals surface area contributed by atoms with Crippen molar-refractivity contribution in [2.24, 2.45) is 0 Å². The Bertz CT molecular complexity index is 824. The predicted octanol–water partition coefficient (Wildman–Crippen LogP) is 1.67. The molecule has 0 bridgehead atoms. The van der Waals surface area contributed by atoms with Crippen molar-refractivity contribution in [2.75, 3.05) is 39.3 Å². The fourth-order valence-electron chi connectivity index (χ4n) is 3.25. The number of rotatable bonds is 7. The Morgan fingerprint density at radius 3 is 2.33 bits per heavy atom. The van der Waals surface area contributed by atoms with Crippen LogP contribution in [0.15, 0.2) is 54.6 Å². The Morgan fingerprint density at radius 2 is 1.67 bits per heavy atom. The molecule has 0 spiro atoms. The van der Waals surface area contributed by atoms with Gasteiger partial charge in [-0.1, -0.05) is 18.2 Å². The molecule has 0 aliphatic carbocycles. The van der Waals surface area contributed by atoms with Crippen LogP contribution < -0.4 is 15.6 Å². The first-order chi connectivity index (χ1) is 14.5. The molecule has 2 aromatic carbocycles. The molecule has 1 fully saturated rings. The van der Waals surface area contributed by atoms with Gasteiger partial charge in [0.25, 0.3) is 11.8 Å². The zero-order valence-electron chi connectivity index (χ0n) is 17.0. The molecule has 1 saturated heterocycles. The lowest BCUT2D eigenvalue weighted by Crippen LogP contribution is -2.56. The monoisotopic (exact) mass is 414 g/mol. The maximum absolute atomic E-state index is 12.9. The minimum Gasteiger partial charge on any atom is -0.492 e. The number of ether oxygens (including phenoxy) is 1. The zero-order valence-corrected chi connectivity index (χ0v) is 17.0. The van der Waals surface area contributed by atoms with Crippen molar-refractivity contribution in [3.05, 3.63) is 66.0 Å². The van der Waals surface area contributed by atoms with E-state index < -0.39 is 11.7 Å². The van der Waals surface area contributed by atoms with Gasteiger partial charge in [0.15, 0.2) is 0 Å². The number of hydrazine groups is 1. The summed E-state index contributed by atoms with van der Waals surface area (Å²) < 4.78 is 18.7. The molecular weight excluding hydrogens is 387 g/mol. The number of halogens is 1.